The Bertz CT molecular complexity index is 2910. The Morgan fingerprint density at radius 3 is 2.08 bits per heavy atom. The van der Waals surface area contributed by atoms with Gasteiger partial charge >= 0.3 is 5.97 Å². The van der Waals surface area contributed by atoms with Crippen LogP contribution in [-0.2, 0) is 35.9 Å². The van der Waals surface area contributed by atoms with Crippen LogP contribution in [0.5, 0.6) is 0 Å². The number of nitrogens with zero attached hydrogens (tertiary/aromatic N) is 3. The highest BCUT2D eigenvalue weighted by Gasteiger charge is 2.47. The Kier molecular flexibility index (Phi) is 12.2. The number of aliphatic carboxylic acids is 1. The molecule has 8 rings (SSSR count). The normalized spacial score (nSPS) is 22.1. The number of anilines is 1. The molecule has 4 heterocycles. The van der Waals surface area contributed by atoms with Gasteiger partial charge in [-0.15, -0.1) is 11.8 Å². The van der Waals surface area contributed by atoms with Crippen LogP contribution in [-0.4, -0.2) is 102 Å². The van der Waals surface area contributed by atoms with Gasteiger partial charge < -0.3 is 10.0 Å². The molecule has 0 radical (unpaired) electrons. The monoisotopic (exact) mass is 910 g/mol. The highest BCUT2D eigenvalue weighted by molar-refractivity contribution is 8.03. The highest BCUT2D eigenvalue weighted by atomic mass is 32.2. The summed E-state index contributed by atoms with van der Waals surface area (Å²) in [6, 6.07) is 25.1. The van der Waals surface area contributed by atoms with Crippen molar-refractivity contribution in [2.75, 3.05) is 42.3 Å². The number of thioether (sulfide) groups is 1. The molecule has 14 heteroatoms. The number of carboxylic acids is 1. The van der Waals surface area contributed by atoms with Crippen LogP contribution < -0.4 is 4.90 Å². The number of allylic oxidation sites excluding steroid dienone is 4. The molecule has 332 valence electrons. The maximum atomic E-state index is 11.9. The zero-order chi connectivity index (χ0) is 45.1. The molecule has 4 aliphatic rings. The van der Waals surface area contributed by atoms with E-state index in [1.165, 1.54) is 0 Å². The lowest BCUT2D eigenvalue weighted by Gasteiger charge is -2.36. The molecule has 2 atom stereocenters. The van der Waals surface area contributed by atoms with Crippen molar-refractivity contribution in [1.82, 2.24) is 4.90 Å². The van der Waals surface area contributed by atoms with Crippen molar-refractivity contribution in [2.24, 2.45) is 0 Å². The van der Waals surface area contributed by atoms with Gasteiger partial charge in [-0.05, 0) is 96.6 Å². The van der Waals surface area contributed by atoms with Gasteiger partial charge in [0.15, 0.2) is 5.71 Å². The largest absolute Gasteiger partial charge is 0.481 e. The lowest BCUT2D eigenvalue weighted by atomic mass is 9.79. The summed E-state index contributed by atoms with van der Waals surface area (Å²) in [6.45, 7) is 9.54. The maximum Gasteiger partial charge on any atom is 0.304 e. The number of hydrogen-bond acceptors (Lipinski definition) is 8. The van der Waals surface area contributed by atoms with E-state index in [4.69, 9.17) is 0 Å². The first-order valence-corrected chi connectivity index (χ1v) is 25.8. The standard InChI is InChI=1S/C49H55N3O8S3/c1-48(2)42(51(27-10-30-62(55,56)57)40-20-16-32-12-6-8-14-34(32)45(40)48)24-18-36-38-22-23-39(50(38)5)37(47(36)61-29-26-44(53)54)19-25-43-49(3,4)46-35-15-9-7-13-33(35)17-21-41(46)52(43)28-11-31-63(58,59)60/h6-9,12-21,24-25,38-39H,10-11,22-23,26-31H2,1-5H3,(H2-,53,54,55,56,57,58,59,60)/p+1. The van der Waals surface area contributed by atoms with Crippen molar-refractivity contribution in [1.29, 1.82) is 0 Å². The average molecular weight is 911 g/mol. The van der Waals surface area contributed by atoms with Crippen LogP contribution in [0.25, 0.3) is 21.5 Å². The molecule has 2 bridgehead atoms. The minimum Gasteiger partial charge on any atom is -0.481 e. The lowest BCUT2D eigenvalue weighted by molar-refractivity contribution is -0.437. The summed E-state index contributed by atoms with van der Waals surface area (Å²) in [5, 5.41) is 14.2. The van der Waals surface area contributed by atoms with Gasteiger partial charge in [0.25, 0.3) is 20.2 Å². The van der Waals surface area contributed by atoms with Crippen LogP contribution in [0.3, 0.4) is 0 Å². The minimum absolute atomic E-state index is 0.00398. The van der Waals surface area contributed by atoms with Gasteiger partial charge in [0.2, 0.25) is 5.69 Å². The van der Waals surface area contributed by atoms with Crippen LogP contribution >= 0.6 is 11.8 Å². The third kappa shape index (κ3) is 8.70. The SMILES string of the molecule is CN1C2CCC1/C(=C\C=C1\N(CCCS(=O)(=O)O)c3ccc4ccccc4c3C1(C)C)C(SCCC(=O)O)=C2/C=C/C1=[N+](CCCS(=O)(=O)O)c2ccc3ccccc3c2C1(C)C. The highest BCUT2D eigenvalue weighted by Crippen LogP contribution is 2.52. The number of rotatable bonds is 15. The molecule has 0 saturated carbocycles. The van der Waals surface area contributed by atoms with Crippen LogP contribution in [0.4, 0.5) is 11.4 Å². The second kappa shape index (κ2) is 17.1. The topological polar surface area (TPSA) is 156 Å². The van der Waals surface area contributed by atoms with E-state index >= 15 is 0 Å². The number of likely N-dealkylation sites (N-methyl/N-ethyl adjacent to an activating group) is 1. The van der Waals surface area contributed by atoms with E-state index in [9.17, 15) is 35.8 Å². The molecular weight excluding hydrogens is 855 g/mol. The fourth-order valence-corrected chi connectivity index (χ4v) is 12.9. The summed E-state index contributed by atoms with van der Waals surface area (Å²) in [4.78, 5) is 17.6. The molecule has 3 N–H and O–H groups in total. The smallest absolute Gasteiger partial charge is 0.304 e. The first-order valence-electron chi connectivity index (χ1n) is 21.6. The molecule has 2 unspecified atom stereocenters. The Morgan fingerprint density at radius 1 is 0.794 bits per heavy atom. The summed E-state index contributed by atoms with van der Waals surface area (Å²) >= 11 is 1.57. The molecular formula is C49H56N3O8S3+. The molecule has 4 aromatic rings. The van der Waals surface area contributed by atoms with Crippen LogP contribution in [0.1, 0.15) is 70.9 Å². The fourth-order valence-electron chi connectivity index (χ4n) is 10.6. The van der Waals surface area contributed by atoms with Crippen molar-refractivity contribution < 1.29 is 40.4 Å². The Balaban J connectivity index is 1.27. The number of hydrogen-bond donors (Lipinski definition) is 3. The molecule has 11 nitrogen and oxygen atoms in total. The summed E-state index contributed by atoms with van der Waals surface area (Å²) in [7, 11) is -6.18. The van der Waals surface area contributed by atoms with Gasteiger partial charge in [-0.25, -0.2) is 0 Å². The number of fused-ring (bicyclic) bond motifs is 8. The van der Waals surface area contributed by atoms with E-state index in [1.807, 2.05) is 24.3 Å². The van der Waals surface area contributed by atoms with Crippen molar-refractivity contribution >= 4 is 76.6 Å². The molecule has 63 heavy (non-hydrogen) atoms. The van der Waals surface area contributed by atoms with E-state index in [-0.39, 0.29) is 42.9 Å². The van der Waals surface area contributed by atoms with Crippen molar-refractivity contribution in [2.45, 2.75) is 82.7 Å². The van der Waals surface area contributed by atoms with E-state index in [1.54, 1.807) is 11.8 Å². The number of benzene rings is 4. The number of carbonyl (C=O) groups is 1. The Labute approximate surface area is 375 Å². The Hall–Kier alpha value is -4.57. The second-order valence-corrected chi connectivity index (χ2v) is 22.4. The van der Waals surface area contributed by atoms with Crippen molar-refractivity contribution in [3.8, 4) is 0 Å². The van der Waals surface area contributed by atoms with Gasteiger partial charge in [0.05, 0.1) is 23.3 Å². The molecule has 0 spiro atoms. The first kappa shape index (κ1) is 45.0. The molecule has 4 aliphatic heterocycles. The quantitative estimate of drug-likeness (QED) is 0.0773. The van der Waals surface area contributed by atoms with Gasteiger partial charge in [-0.3, -0.25) is 18.8 Å². The maximum absolute atomic E-state index is 11.9. The third-order valence-electron chi connectivity index (χ3n) is 13.4. The molecule has 0 aliphatic carbocycles. The van der Waals surface area contributed by atoms with E-state index in [0.717, 1.165) is 84.3 Å². The van der Waals surface area contributed by atoms with Gasteiger partial charge in [0, 0.05) is 70.2 Å². The molecule has 1 saturated heterocycles. The van der Waals surface area contributed by atoms with Gasteiger partial charge in [-0.1, -0.05) is 80.6 Å². The summed E-state index contributed by atoms with van der Waals surface area (Å²) in [6.07, 6.45) is 11.0. The third-order valence-corrected chi connectivity index (χ3v) is 16.2. The van der Waals surface area contributed by atoms with Crippen molar-refractivity contribution in [3.63, 3.8) is 0 Å². The minimum atomic E-state index is -4.16. The summed E-state index contributed by atoms with van der Waals surface area (Å²) in [5.74, 6) is -1.19. The summed E-state index contributed by atoms with van der Waals surface area (Å²) in [5.41, 5.74) is 7.55. The number of carboxylic acid groups (broad SMARTS) is 1. The van der Waals surface area contributed by atoms with Gasteiger partial charge in [-0.2, -0.15) is 21.4 Å². The van der Waals surface area contributed by atoms with Crippen LogP contribution in [0.15, 0.2) is 119 Å². The van der Waals surface area contributed by atoms with E-state index in [2.05, 4.69) is 122 Å². The predicted octanol–water partition coefficient (Wildman–Crippen LogP) is 9.03. The first-order chi connectivity index (χ1) is 29.8. The van der Waals surface area contributed by atoms with Gasteiger partial charge in [0.1, 0.15) is 6.54 Å². The fraction of sp³-hybridized carbons (Fsp3) is 0.388. The molecule has 1 fully saturated rings. The predicted molar refractivity (Wildman–Crippen MR) is 255 cm³/mol. The van der Waals surface area contributed by atoms with Crippen LogP contribution in [0, 0.1) is 0 Å². The average Bonchev–Trinajstić information content (AvgIpc) is 3.72. The Morgan fingerprint density at radius 2 is 1.41 bits per heavy atom. The lowest BCUT2D eigenvalue weighted by Crippen LogP contribution is -2.39. The van der Waals surface area contributed by atoms with E-state index in [0.29, 0.717) is 18.8 Å². The second-order valence-electron chi connectivity index (χ2n) is 18.1. The molecule has 4 aromatic carbocycles. The zero-order valence-electron chi connectivity index (χ0n) is 36.4. The zero-order valence-corrected chi connectivity index (χ0v) is 38.9. The summed E-state index contributed by atoms with van der Waals surface area (Å²) < 4.78 is 69.0. The molecule has 0 aromatic heterocycles. The van der Waals surface area contributed by atoms with Crippen molar-refractivity contribution in [3.05, 3.63) is 130 Å². The van der Waals surface area contributed by atoms with E-state index < -0.39 is 37.0 Å². The van der Waals surface area contributed by atoms with Crippen LogP contribution in [0.2, 0.25) is 0 Å². The molecule has 0 amide bonds.